The van der Waals surface area contributed by atoms with Crippen molar-refractivity contribution in [3.05, 3.63) is 16.1 Å². The van der Waals surface area contributed by atoms with Crippen molar-refractivity contribution in [2.75, 3.05) is 18.1 Å². The number of hydrogen-bond donors (Lipinski definition) is 1. The Kier molecular flexibility index (Phi) is 4.93. The molecule has 1 aromatic rings. The largest absolute Gasteiger partial charge is 0.481 e. The number of thioether (sulfide) groups is 1. The average Bonchev–Trinajstić information content (AvgIpc) is 2.87. The van der Waals surface area contributed by atoms with Crippen LogP contribution in [0.2, 0.25) is 0 Å². The topological polar surface area (TPSA) is 70.5 Å². The van der Waals surface area contributed by atoms with E-state index in [9.17, 15) is 9.59 Å². The van der Waals surface area contributed by atoms with Gasteiger partial charge < -0.3 is 10.0 Å². The number of amides is 1. The Morgan fingerprint density at radius 2 is 2.19 bits per heavy atom. The molecule has 116 valence electrons. The van der Waals surface area contributed by atoms with Crippen LogP contribution in [0, 0.1) is 0 Å². The molecule has 0 aromatic carbocycles. The summed E-state index contributed by atoms with van der Waals surface area (Å²) >= 11 is 3.18. The van der Waals surface area contributed by atoms with E-state index in [1.54, 1.807) is 22.0 Å². The van der Waals surface area contributed by atoms with Gasteiger partial charge in [0, 0.05) is 28.8 Å². The minimum Gasteiger partial charge on any atom is -0.481 e. The zero-order chi connectivity index (χ0) is 15.6. The van der Waals surface area contributed by atoms with Gasteiger partial charge >= 0.3 is 5.97 Å². The van der Waals surface area contributed by atoms with E-state index in [2.05, 4.69) is 25.8 Å². The van der Waals surface area contributed by atoms with Gasteiger partial charge in [-0.1, -0.05) is 20.8 Å². The molecule has 1 aliphatic heterocycles. The lowest BCUT2D eigenvalue weighted by Crippen LogP contribution is -2.47. The van der Waals surface area contributed by atoms with Gasteiger partial charge in [-0.15, -0.1) is 11.3 Å². The fraction of sp³-hybridized carbons (Fsp3) is 0.643. The number of aromatic nitrogens is 1. The summed E-state index contributed by atoms with van der Waals surface area (Å²) < 4.78 is 0. The SMILES string of the molecule is CC(C)(C)c1nc(C(=O)N2CCSCC2CC(=O)O)cs1. The molecule has 7 heteroatoms. The quantitative estimate of drug-likeness (QED) is 0.923. The lowest BCUT2D eigenvalue weighted by atomic mass is 9.98. The normalized spacial score (nSPS) is 19.6. The standard InChI is InChI=1S/C14H20N2O3S2/c1-14(2,3)13-15-10(8-21-13)12(19)16-4-5-20-7-9(16)6-11(17)18/h8-9H,4-7H2,1-3H3,(H,17,18). The molecule has 0 spiro atoms. The highest BCUT2D eigenvalue weighted by Crippen LogP contribution is 2.27. The molecule has 0 aliphatic carbocycles. The zero-order valence-electron chi connectivity index (χ0n) is 12.5. The average molecular weight is 328 g/mol. The van der Waals surface area contributed by atoms with Crippen molar-refractivity contribution in [3.8, 4) is 0 Å². The Hall–Kier alpha value is -1.08. The van der Waals surface area contributed by atoms with Crippen LogP contribution < -0.4 is 0 Å². The van der Waals surface area contributed by atoms with Gasteiger partial charge in [0.15, 0.2) is 0 Å². The summed E-state index contributed by atoms with van der Waals surface area (Å²) in [6.45, 7) is 6.77. The number of aliphatic carboxylic acids is 1. The van der Waals surface area contributed by atoms with E-state index >= 15 is 0 Å². The van der Waals surface area contributed by atoms with Crippen LogP contribution in [0.3, 0.4) is 0 Å². The molecule has 1 unspecified atom stereocenters. The molecule has 21 heavy (non-hydrogen) atoms. The Morgan fingerprint density at radius 1 is 1.48 bits per heavy atom. The summed E-state index contributed by atoms with van der Waals surface area (Å²) in [6, 6.07) is -0.242. The molecular weight excluding hydrogens is 308 g/mol. The molecule has 1 aromatic heterocycles. The van der Waals surface area contributed by atoms with Crippen LogP contribution in [-0.2, 0) is 10.2 Å². The van der Waals surface area contributed by atoms with E-state index in [4.69, 9.17) is 5.11 Å². The van der Waals surface area contributed by atoms with Crippen molar-refractivity contribution in [2.24, 2.45) is 0 Å². The lowest BCUT2D eigenvalue weighted by molar-refractivity contribution is -0.138. The highest BCUT2D eigenvalue weighted by Gasteiger charge is 2.31. The van der Waals surface area contributed by atoms with Crippen molar-refractivity contribution in [2.45, 2.75) is 38.6 Å². The number of hydrogen-bond acceptors (Lipinski definition) is 5. The maximum atomic E-state index is 12.6. The van der Waals surface area contributed by atoms with Crippen LogP contribution in [0.15, 0.2) is 5.38 Å². The van der Waals surface area contributed by atoms with Gasteiger partial charge in [0.05, 0.1) is 17.5 Å². The predicted molar refractivity (Wildman–Crippen MR) is 85.2 cm³/mol. The number of carbonyl (C=O) groups excluding carboxylic acids is 1. The molecule has 1 N–H and O–H groups in total. The molecule has 0 bridgehead atoms. The molecule has 1 saturated heterocycles. The van der Waals surface area contributed by atoms with Crippen LogP contribution in [0.4, 0.5) is 0 Å². The van der Waals surface area contributed by atoms with E-state index in [1.165, 1.54) is 11.3 Å². The Bertz CT molecular complexity index is 537. The third-order valence-corrected chi connectivity index (χ3v) is 5.62. The number of thiazole rings is 1. The summed E-state index contributed by atoms with van der Waals surface area (Å²) in [5, 5.41) is 11.7. The number of carboxylic acid groups (broad SMARTS) is 1. The second-order valence-corrected chi connectivity index (χ2v) is 8.12. The Morgan fingerprint density at radius 3 is 2.76 bits per heavy atom. The van der Waals surface area contributed by atoms with Crippen molar-refractivity contribution >= 4 is 35.0 Å². The van der Waals surface area contributed by atoms with E-state index in [0.29, 0.717) is 18.0 Å². The Balaban J connectivity index is 2.17. The zero-order valence-corrected chi connectivity index (χ0v) is 14.1. The summed E-state index contributed by atoms with van der Waals surface area (Å²) in [6.07, 6.45) is -0.00496. The van der Waals surface area contributed by atoms with Crippen LogP contribution in [0.5, 0.6) is 0 Å². The van der Waals surface area contributed by atoms with Crippen molar-refractivity contribution in [1.29, 1.82) is 0 Å². The Labute approximate surface area is 132 Å². The molecule has 5 nitrogen and oxygen atoms in total. The van der Waals surface area contributed by atoms with Crippen LogP contribution in [0.1, 0.15) is 42.7 Å². The molecule has 0 radical (unpaired) electrons. The van der Waals surface area contributed by atoms with Gasteiger partial charge in [-0.2, -0.15) is 11.8 Å². The van der Waals surface area contributed by atoms with Gasteiger partial charge in [0.1, 0.15) is 5.69 Å². The molecule has 1 amide bonds. The van der Waals surface area contributed by atoms with E-state index in [0.717, 1.165) is 10.8 Å². The highest BCUT2D eigenvalue weighted by atomic mass is 32.2. The minimum absolute atomic E-state index is 0.00496. The molecule has 2 heterocycles. The monoisotopic (exact) mass is 328 g/mol. The second-order valence-electron chi connectivity index (χ2n) is 6.11. The smallest absolute Gasteiger partial charge is 0.305 e. The summed E-state index contributed by atoms with van der Waals surface area (Å²) in [5.74, 6) is 0.508. The molecule has 0 saturated carbocycles. The molecule has 1 fully saturated rings. The van der Waals surface area contributed by atoms with Crippen LogP contribution in [0.25, 0.3) is 0 Å². The third-order valence-electron chi connectivity index (χ3n) is 3.26. The van der Waals surface area contributed by atoms with Gasteiger partial charge in [0.2, 0.25) is 0 Å². The number of carbonyl (C=O) groups is 2. The maximum absolute atomic E-state index is 12.6. The number of nitrogens with zero attached hydrogens (tertiary/aromatic N) is 2. The van der Waals surface area contributed by atoms with E-state index in [1.807, 2.05) is 0 Å². The predicted octanol–water partition coefficient (Wildman–Crippen LogP) is 2.47. The molecule has 1 aliphatic rings. The van der Waals surface area contributed by atoms with Crippen LogP contribution in [-0.4, -0.2) is 51.0 Å². The molecular formula is C14H20N2O3S2. The van der Waals surface area contributed by atoms with Crippen molar-refractivity contribution < 1.29 is 14.7 Å². The first-order valence-corrected chi connectivity index (χ1v) is 8.89. The fourth-order valence-corrected chi connectivity index (χ4v) is 4.10. The first-order valence-electron chi connectivity index (χ1n) is 6.85. The van der Waals surface area contributed by atoms with Gasteiger partial charge in [0.25, 0.3) is 5.91 Å². The van der Waals surface area contributed by atoms with Crippen molar-refractivity contribution in [1.82, 2.24) is 9.88 Å². The van der Waals surface area contributed by atoms with Gasteiger partial charge in [-0.05, 0) is 0 Å². The first-order chi connectivity index (χ1) is 9.79. The maximum Gasteiger partial charge on any atom is 0.305 e. The summed E-state index contributed by atoms with van der Waals surface area (Å²) in [4.78, 5) is 29.7. The van der Waals surface area contributed by atoms with Gasteiger partial charge in [-0.25, -0.2) is 4.98 Å². The number of rotatable bonds is 3. The number of carboxylic acids is 1. The van der Waals surface area contributed by atoms with E-state index < -0.39 is 5.97 Å². The summed E-state index contributed by atoms with van der Waals surface area (Å²) in [7, 11) is 0. The van der Waals surface area contributed by atoms with Crippen LogP contribution >= 0.6 is 23.1 Å². The first kappa shape index (κ1) is 16.3. The van der Waals surface area contributed by atoms with Gasteiger partial charge in [-0.3, -0.25) is 9.59 Å². The second kappa shape index (κ2) is 6.36. The molecule has 2 rings (SSSR count). The lowest BCUT2D eigenvalue weighted by Gasteiger charge is -2.34. The third kappa shape index (κ3) is 3.97. The summed E-state index contributed by atoms with van der Waals surface area (Å²) in [5.41, 5.74) is 0.355. The fourth-order valence-electron chi connectivity index (χ4n) is 2.16. The highest BCUT2D eigenvalue weighted by molar-refractivity contribution is 7.99. The van der Waals surface area contributed by atoms with E-state index in [-0.39, 0.29) is 23.8 Å². The van der Waals surface area contributed by atoms with Crippen molar-refractivity contribution in [3.63, 3.8) is 0 Å². The minimum atomic E-state index is -0.867. The molecule has 1 atom stereocenters.